The molecule has 0 unspecified atom stereocenters. The van der Waals surface area contributed by atoms with Crippen LogP contribution >= 0.6 is 0 Å². The van der Waals surface area contributed by atoms with Crippen molar-refractivity contribution in [3.05, 3.63) is 34.4 Å². The minimum atomic E-state index is -0.0946. The summed E-state index contributed by atoms with van der Waals surface area (Å²) in [5.74, 6) is 0. The van der Waals surface area contributed by atoms with Crippen LogP contribution in [0.1, 0.15) is 69.2 Å². The molecule has 0 amide bonds. The molecule has 3 rings (SSSR count). The molecule has 1 aliphatic carbocycles. The lowest BCUT2D eigenvalue weighted by Crippen LogP contribution is -2.21. The van der Waals surface area contributed by atoms with Crippen molar-refractivity contribution in [2.45, 2.75) is 73.3 Å². The molecule has 0 saturated heterocycles. The average Bonchev–Trinajstić information content (AvgIpc) is 2.80. The molecule has 1 aromatic carbocycles. The van der Waals surface area contributed by atoms with Gasteiger partial charge in [-0.05, 0) is 44.7 Å². The molecule has 2 atom stereocenters. The van der Waals surface area contributed by atoms with Crippen LogP contribution in [-0.4, -0.2) is 11.3 Å². The van der Waals surface area contributed by atoms with Gasteiger partial charge in [-0.15, -0.1) is 0 Å². The van der Waals surface area contributed by atoms with E-state index in [2.05, 4.69) is 65.8 Å². The molecular weight excluding hydrogens is 270 g/mol. The molecule has 2 nitrogen and oxygen atoms in total. The van der Waals surface area contributed by atoms with Crippen LogP contribution in [0.3, 0.4) is 0 Å². The van der Waals surface area contributed by atoms with E-state index in [1.165, 1.54) is 22.3 Å². The SMILES string of the molecule is CC[C@@]1(C)C2(CC(c3c(C)cc(C)cc3C)=NO2)[C@]1(C)CC. The second kappa shape index (κ2) is 4.59. The molecule has 0 bridgehead atoms. The number of hydrogen-bond acceptors (Lipinski definition) is 2. The summed E-state index contributed by atoms with van der Waals surface area (Å²) in [5, 5.41) is 4.58. The molecule has 120 valence electrons. The van der Waals surface area contributed by atoms with Crippen molar-refractivity contribution < 1.29 is 4.84 Å². The largest absolute Gasteiger partial charge is 0.387 e. The van der Waals surface area contributed by atoms with Crippen molar-refractivity contribution in [3.8, 4) is 0 Å². The van der Waals surface area contributed by atoms with Crippen molar-refractivity contribution in [2.75, 3.05) is 0 Å². The van der Waals surface area contributed by atoms with Gasteiger partial charge in [0.2, 0.25) is 0 Å². The third-order valence-corrected chi connectivity index (χ3v) is 7.05. The lowest BCUT2D eigenvalue weighted by atomic mass is 9.90. The fourth-order valence-corrected chi connectivity index (χ4v) is 5.27. The Kier molecular flexibility index (Phi) is 3.25. The molecule has 0 N–H and O–H groups in total. The summed E-state index contributed by atoms with van der Waals surface area (Å²) in [5.41, 5.74) is 6.75. The van der Waals surface area contributed by atoms with E-state index in [4.69, 9.17) is 4.84 Å². The van der Waals surface area contributed by atoms with Crippen LogP contribution in [0, 0.1) is 31.6 Å². The highest BCUT2D eigenvalue weighted by atomic mass is 16.7. The van der Waals surface area contributed by atoms with Crippen LogP contribution in [0.5, 0.6) is 0 Å². The Morgan fingerprint density at radius 3 is 1.95 bits per heavy atom. The van der Waals surface area contributed by atoms with Gasteiger partial charge in [-0.1, -0.05) is 50.5 Å². The normalized spacial score (nSPS) is 36.4. The fraction of sp³-hybridized carbons (Fsp3) is 0.650. The van der Waals surface area contributed by atoms with Gasteiger partial charge in [0.25, 0.3) is 0 Å². The van der Waals surface area contributed by atoms with Crippen molar-refractivity contribution in [1.29, 1.82) is 0 Å². The number of rotatable bonds is 3. The molecule has 0 radical (unpaired) electrons. The fourth-order valence-electron chi connectivity index (χ4n) is 5.27. The van der Waals surface area contributed by atoms with Gasteiger partial charge in [-0.3, -0.25) is 0 Å². The van der Waals surface area contributed by atoms with Crippen LogP contribution in [0.4, 0.5) is 0 Å². The number of nitrogens with zero attached hydrogens (tertiary/aromatic N) is 1. The predicted octanol–water partition coefficient (Wildman–Crippen LogP) is 5.32. The average molecular weight is 299 g/mol. The number of benzene rings is 1. The van der Waals surface area contributed by atoms with Crippen LogP contribution < -0.4 is 0 Å². The molecule has 1 aromatic rings. The number of hydrogen-bond donors (Lipinski definition) is 0. The van der Waals surface area contributed by atoms with Crippen LogP contribution in [0.2, 0.25) is 0 Å². The highest BCUT2D eigenvalue weighted by molar-refractivity contribution is 6.04. The smallest absolute Gasteiger partial charge is 0.155 e. The van der Waals surface area contributed by atoms with E-state index in [-0.39, 0.29) is 16.4 Å². The van der Waals surface area contributed by atoms with E-state index in [0.717, 1.165) is 25.0 Å². The highest BCUT2D eigenvalue weighted by Gasteiger charge is 2.84. The van der Waals surface area contributed by atoms with Crippen LogP contribution in [-0.2, 0) is 4.84 Å². The Labute approximate surface area is 134 Å². The standard InChI is InChI=1S/C20H29NO/c1-8-18(6)19(7,9-2)20(18)12-16(21-22-20)17-14(4)10-13(3)11-15(17)5/h10-11H,8-9,12H2,1-7H3/t18-,19-/m1/s1. The third kappa shape index (κ3) is 1.59. The van der Waals surface area contributed by atoms with E-state index >= 15 is 0 Å². The quantitative estimate of drug-likeness (QED) is 0.740. The lowest BCUT2D eigenvalue weighted by Gasteiger charge is -2.15. The Bertz CT molecular complexity index is 621. The van der Waals surface area contributed by atoms with Crippen LogP contribution in [0.15, 0.2) is 17.3 Å². The van der Waals surface area contributed by atoms with Gasteiger partial charge in [0.1, 0.15) is 0 Å². The van der Waals surface area contributed by atoms with Gasteiger partial charge >= 0.3 is 0 Å². The minimum Gasteiger partial charge on any atom is -0.387 e. The summed E-state index contributed by atoms with van der Waals surface area (Å²) in [7, 11) is 0. The van der Waals surface area contributed by atoms with Crippen molar-refractivity contribution in [2.24, 2.45) is 16.0 Å². The first-order valence-corrected chi connectivity index (χ1v) is 8.59. The highest BCUT2D eigenvalue weighted by Crippen LogP contribution is 2.79. The maximum Gasteiger partial charge on any atom is 0.155 e. The molecule has 1 heterocycles. The zero-order valence-electron chi connectivity index (χ0n) is 15.1. The Morgan fingerprint density at radius 2 is 1.50 bits per heavy atom. The Hall–Kier alpha value is -1.31. The predicted molar refractivity (Wildman–Crippen MR) is 92.4 cm³/mol. The van der Waals surface area contributed by atoms with Crippen molar-refractivity contribution in [1.82, 2.24) is 0 Å². The Balaban J connectivity index is 1.97. The maximum absolute atomic E-state index is 6.16. The van der Waals surface area contributed by atoms with Crippen LogP contribution in [0.25, 0.3) is 0 Å². The summed E-state index contributed by atoms with van der Waals surface area (Å²) in [6, 6.07) is 4.50. The third-order valence-electron chi connectivity index (χ3n) is 7.05. The van der Waals surface area contributed by atoms with E-state index in [1.54, 1.807) is 0 Å². The molecule has 1 fully saturated rings. The number of aryl methyl sites for hydroxylation is 3. The van der Waals surface area contributed by atoms with Gasteiger partial charge < -0.3 is 4.84 Å². The summed E-state index contributed by atoms with van der Waals surface area (Å²) < 4.78 is 0. The second-order valence-electron chi connectivity index (χ2n) is 7.78. The van der Waals surface area contributed by atoms with Gasteiger partial charge in [-0.2, -0.15) is 0 Å². The van der Waals surface area contributed by atoms with E-state index in [0.29, 0.717) is 0 Å². The lowest BCUT2D eigenvalue weighted by molar-refractivity contribution is 0.0158. The zero-order valence-corrected chi connectivity index (χ0v) is 15.1. The molecule has 2 heteroatoms. The topological polar surface area (TPSA) is 21.6 Å². The van der Waals surface area contributed by atoms with Crippen molar-refractivity contribution in [3.63, 3.8) is 0 Å². The first-order valence-electron chi connectivity index (χ1n) is 8.59. The second-order valence-corrected chi connectivity index (χ2v) is 7.78. The van der Waals surface area contributed by atoms with Crippen molar-refractivity contribution >= 4 is 5.71 Å². The van der Waals surface area contributed by atoms with E-state index in [1.807, 2.05) is 0 Å². The molecule has 22 heavy (non-hydrogen) atoms. The summed E-state index contributed by atoms with van der Waals surface area (Å²) in [4.78, 5) is 6.16. The van der Waals surface area contributed by atoms with Gasteiger partial charge in [0.15, 0.2) is 5.60 Å². The molecule has 1 saturated carbocycles. The number of oxime groups is 1. The molecule has 1 spiro atoms. The van der Waals surface area contributed by atoms with E-state index < -0.39 is 0 Å². The summed E-state index contributed by atoms with van der Waals surface area (Å²) in [6.07, 6.45) is 3.24. The van der Waals surface area contributed by atoms with Gasteiger partial charge in [0.05, 0.1) is 5.71 Å². The van der Waals surface area contributed by atoms with Gasteiger partial charge in [-0.25, -0.2) is 0 Å². The summed E-state index contributed by atoms with van der Waals surface area (Å²) in [6.45, 7) is 15.9. The zero-order chi connectivity index (χ0) is 16.3. The first kappa shape index (κ1) is 15.6. The maximum atomic E-state index is 6.16. The molecular formula is C20H29NO. The monoisotopic (exact) mass is 299 g/mol. The molecule has 0 aromatic heterocycles. The van der Waals surface area contributed by atoms with Gasteiger partial charge in [0, 0.05) is 22.8 Å². The first-order chi connectivity index (χ1) is 10.3. The summed E-state index contributed by atoms with van der Waals surface area (Å²) >= 11 is 0. The van der Waals surface area contributed by atoms with E-state index in [9.17, 15) is 0 Å². The minimum absolute atomic E-state index is 0.0946. The molecule has 2 aliphatic rings. The Morgan fingerprint density at radius 1 is 1.00 bits per heavy atom. The molecule has 1 aliphatic heterocycles.